The highest BCUT2D eigenvalue weighted by Crippen LogP contribution is 2.20. The third kappa shape index (κ3) is 2.89. The number of nitrogens with two attached hydrogens (primary N) is 1. The van der Waals surface area contributed by atoms with E-state index >= 15 is 0 Å². The maximum absolute atomic E-state index is 5.69. The Morgan fingerprint density at radius 3 is 2.53 bits per heavy atom. The normalized spacial score (nSPS) is 10.5. The molecule has 0 bridgehead atoms. The average Bonchev–Trinajstić information content (AvgIpc) is 1.99. The molecule has 3 nitrogen and oxygen atoms in total. The fourth-order valence-electron chi connectivity index (χ4n) is 1.56. The monoisotopic (exact) mass is 223 g/mol. The van der Waals surface area contributed by atoms with E-state index in [4.69, 9.17) is 18.0 Å². The van der Waals surface area contributed by atoms with E-state index in [1.165, 1.54) is 0 Å². The van der Waals surface area contributed by atoms with Crippen molar-refractivity contribution in [2.75, 3.05) is 5.32 Å². The van der Waals surface area contributed by atoms with Gasteiger partial charge in [0.05, 0.1) is 5.56 Å². The number of pyridine rings is 1. The Labute approximate surface area is 96.1 Å². The highest BCUT2D eigenvalue weighted by Gasteiger charge is 2.11. The van der Waals surface area contributed by atoms with Gasteiger partial charge in [-0.05, 0) is 33.8 Å². The molecule has 1 rings (SSSR count). The molecule has 4 heteroatoms. The molecule has 0 radical (unpaired) electrons. The second-order valence-corrected chi connectivity index (χ2v) is 4.37. The largest absolute Gasteiger partial charge is 0.389 e. The quantitative estimate of drug-likeness (QED) is 0.771. The number of aryl methyl sites for hydroxylation is 2. The Morgan fingerprint density at radius 2 is 2.07 bits per heavy atom. The lowest BCUT2D eigenvalue weighted by Crippen LogP contribution is -2.19. The van der Waals surface area contributed by atoms with Crippen molar-refractivity contribution >= 4 is 22.9 Å². The molecular formula is C11H17N3S. The van der Waals surface area contributed by atoms with Crippen LogP contribution in [-0.4, -0.2) is 16.0 Å². The molecule has 0 aliphatic rings. The summed E-state index contributed by atoms with van der Waals surface area (Å²) in [5.41, 5.74) is 9.37. The van der Waals surface area contributed by atoms with E-state index in [1.54, 1.807) is 0 Å². The number of rotatable bonds is 3. The second-order valence-electron chi connectivity index (χ2n) is 3.93. The zero-order valence-corrected chi connectivity index (χ0v) is 10.4. The third-order valence-electron chi connectivity index (χ3n) is 2.02. The first-order chi connectivity index (χ1) is 6.91. The number of hydrogen-bond acceptors (Lipinski definition) is 3. The van der Waals surface area contributed by atoms with Crippen LogP contribution in [-0.2, 0) is 0 Å². The van der Waals surface area contributed by atoms with E-state index in [2.05, 4.69) is 24.1 Å². The fraction of sp³-hybridized carbons (Fsp3) is 0.455. The van der Waals surface area contributed by atoms with Crippen molar-refractivity contribution in [3.8, 4) is 0 Å². The SMILES string of the molecule is Cc1cc(NC(C)C)c(C(N)=S)c(C)n1. The molecule has 82 valence electrons. The van der Waals surface area contributed by atoms with Crippen LogP contribution in [0.25, 0.3) is 0 Å². The summed E-state index contributed by atoms with van der Waals surface area (Å²) >= 11 is 5.03. The van der Waals surface area contributed by atoms with E-state index < -0.39 is 0 Å². The molecule has 0 spiro atoms. The molecule has 0 aliphatic carbocycles. The topological polar surface area (TPSA) is 50.9 Å². The molecule has 0 aromatic carbocycles. The van der Waals surface area contributed by atoms with Crippen LogP contribution < -0.4 is 11.1 Å². The molecule has 0 saturated carbocycles. The summed E-state index contributed by atoms with van der Waals surface area (Å²) in [6, 6.07) is 2.32. The van der Waals surface area contributed by atoms with Crippen molar-refractivity contribution in [3.05, 3.63) is 23.0 Å². The van der Waals surface area contributed by atoms with Gasteiger partial charge in [-0.1, -0.05) is 12.2 Å². The van der Waals surface area contributed by atoms with Crippen LogP contribution in [0.5, 0.6) is 0 Å². The third-order valence-corrected chi connectivity index (χ3v) is 2.22. The Hall–Kier alpha value is -1.16. The zero-order valence-electron chi connectivity index (χ0n) is 9.59. The van der Waals surface area contributed by atoms with Crippen molar-refractivity contribution in [3.63, 3.8) is 0 Å². The van der Waals surface area contributed by atoms with Crippen LogP contribution in [0.15, 0.2) is 6.07 Å². The summed E-state index contributed by atoms with van der Waals surface area (Å²) in [7, 11) is 0. The van der Waals surface area contributed by atoms with Gasteiger partial charge in [0.25, 0.3) is 0 Å². The molecule has 1 aromatic heterocycles. The highest BCUT2D eigenvalue weighted by molar-refractivity contribution is 7.80. The van der Waals surface area contributed by atoms with Gasteiger partial charge in [0.15, 0.2) is 0 Å². The molecule has 0 atom stereocenters. The molecule has 15 heavy (non-hydrogen) atoms. The lowest BCUT2D eigenvalue weighted by Gasteiger charge is -2.16. The summed E-state index contributed by atoms with van der Waals surface area (Å²) < 4.78 is 0. The number of nitrogens with zero attached hydrogens (tertiary/aromatic N) is 1. The number of thiocarbonyl (C=S) groups is 1. The lowest BCUT2D eigenvalue weighted by atomic mass is 10.1. The van der Waals surface area contributed by atoms with E-state index in [0.29, 0.717) is 11.0 Å². The van der Waals surface area contributed by atoms with Crippen molar-refractivity contribution in [2.45, 2.75) is 33.7 Å². The summed E-state index contributed by atoms with van der Waals surface area (Å²) in [5, 5.41) is 3.33. The molecule has 0 amide bonds. The number of hydrogen-bond donors (Lipinski definition) is 2. The van der Waals surface area contributed by atoms with Crippen LogP contribution in [0.1, 0.15) is 30.8 Å². The van der Waals surface area contributed by atoms with Gasteiger partial charge < -0.3 is 11.1 Å². The fourth-order valence-corrected chi connectivity index (χ4v) is 1.82. The molecular weight excluding hydrogens is 206 g/mol. The van der Waals surface area contributed by atoms with Gasteiger partial charge in [-0.15, -0.1) is 0 Å². The summed E-state index contributed by atoms with van der Waals surface area (Å²) in [6.45, 7) is 8.04. The van der Waals surface area contributed by atoms with Crippen molar-refractivity contribution in [1.82, 2.24) is 4.98 Å². The first-order valence-electron chi connectivity index (χ1n) is 4.96. The maximum Gasteiger partial charge on any atom is 0.107 e. The predicted octanol–water partition coefficient (Wildman–Crippen LogP) is 2.15. The van der Waals surface area contributed by atoms with Gasteiger partial charge in [-0.3, -0.25) is 4.98 Å². The minimum atomic E-state index is 0.347. The van der Waals surface area contributed by atoms with Crippen molar-refractivity contribution < 1.29 is 0 Å². The first-order valence-corrected chi connectivity index (χ1v) is 5.37. The van der Waals surface area contributed by atoms with E-state index in [9.17, 15) is 0 Å². The molecule has 0 aliphatic heterocycles. The van der Waals surface area contributed by atoms with Crippen LogP contribution in [0.3, 0.4) is 0 Å². The Kier molecular flexibility index (Phi) is 3.63. The van der Waals surface area contributed by atoms with Crippen LogP contribution in [0.4, 0.5) is 5.69 Å². The van der Waals surface area contributed by atoms with Gasteiger partial charge in [-0.2, -0.15) is 0 Å². The van der Waals surface area contributed by atoms with Gasteiger partial charge in [0.2, 0.25) is 0 Å². The van der Waals surface area contributed by atoms with Crippen LogP contribution in [0, 0.1) is 13.8 Å². The van der Waals surface area contributed by atoms with Gasteiger partial charge in [0, 0.05) is 23.1 Å². The van der Waals surface area contributed by atoms with E-state index in [1.807, 2.05) is 19.9 Å². The standard InChI is InChI=1S/C11H17N3S/c1-6(2)13-9-5-7(3)14-8(4)10(9)11(12)15/h5-6H,1-4H3,(H2,12,15)(H,13,14). The Balaban J connectivity index is 3.27. The Bertz CT molecular complexity index is 386. The lowest BCUT2D eigenvalue weighted by molar-refractivity contribution is 0.896. The molecule has 1 aromatic rings. The smallest absolute Gasteiger partial charge is 0.107 e. The minimum Gasteiger partial charge on any atom is -0.389 e. The van der Waals surface area contributed by atoms with Crippen LogP contribution >= 0.6 is 12.2 Å². The molecule has 1 heterocycles. The minimum absolute atomic E-state index is 0.347. The second kappa shape index (κ2) is 4.57. The van der Waals surface area contributed by atoms with Gasteiger partial charge >= 0.3 is 0 Å². The number of anilines is 1. The predicted molar refractivity (Wildman–Crippen MR) is 68.4 cm³/mol. The van der Waals surface area contributed by atoms with Gasteiger partial charge in [0.1, 0.15) is 4.99 Å². The number of nitrogens with one attached hydrogen (secondary N) is 1. The molecule has 0 saturated heterocycles. The van der Waals surface area contributed by atoms with Crippen LogP contribution in [0.2, 0.25) is 0 Å². The summed E-state index contributed by atoms with van der Waals surface area (Å²) in [6.07, 6.45) is 0. The van der Waals surface area contributed by atoms with Crippen molar-refractivity contribution in [1.29, 1.82) is 0 Å². The first kappa shape index (κ1) is 11.9. The average molecular weight is 223 g/mol. The highest BCUT2D eigenvalue weighted by atomic mass is 32.1. The molecule has 0 fully saturated rings. The Morgan fingerprint density at radius 1 is 1.47 bits per heavy atom. The summed E-state index contributed by atoms with van der Waals surface area (Å²) in [5.74, 6) is 0. The van der Waals surface area contributed by atoms with Gasteiger partial charge in [-0.25, -0.2) is 0 Å². The molecule has 0 unspecified atom stereocenters. The van der Waals surface area contributed by atoms with E-state index in [0.717, 1.165) is 22.6 Å². The zero-order chi connectivity index (χ0) is 11.6. The van der Waals surface area contributed by atoms with Crippen molar-refractivity contribution in [2.24, 2.45) is 5.73 Å². The van der Waals surface area contributed by atoms with E-state index in [-0.39, 0.29) is 0 Å². The summed E-state index contributed by atoms with van der Waals surface area (Å²) in [4.78, 5) is 4.75. The number of aromatic nitrogens is 1. The molecule has 3 N–H and O–H groups in total. The maximum atomic E-state index is 5.69.